The number of benzene rings is 1. The molecule has 2 aromatic rings. The lowest BCUT2D eigenvalue weighted by molar-refractivity contribution is -0.306. The Morgan fingerprint density at radius 3 is 2.75 bits per heavy atom. The number of fused-ring (bicyclic) bond motifs is 1. The number of carbonyl (C=O) groups is 1. The summed E-state index contributed by atoms with van der Waals surface area (Å²) in [6.45, 7) is 3.91. The fraction of sp³-hybridized carbons (Fsp3) is 0.308. The first-order chi connectivity index (χ1) is 7.61. The van der Waals surface area contributed by atoms with Crippen molar-refractivity contribution in [2.45, 2.75) is 26.8 Å². The molecule has 0 spiro atoms. The van der Waals surface area contributed by atoms with Gasteiger partial charge in [0.05, 0.1) is 12.5 Å². The number of aromatic nitrogens is 1. The lowest BCUT2D eigenvalue weighted by Crippen LogP contribution is -2.27. The Kier molecular flexibility index (Phi) is 2.69. The van der Waals surface area contributed by atoms with Gasteiger partial charge < -0.3 is 14.5 Å². The first-order valence-corrected chi connectivity index (χ1v) is 5.40. The summed E-state index contributed by atoms with van der Waals surface area (Å²) >= 11 is 0. The third-order valence-corrected chi connectivity index (χ3v) is 2.87. The van der Waals surface area contributed by atoms with Gasteiger partial charge in [-0.2, -0.15) is 0 Å². The summed E-state index contributed by atoms with van der Waals surface area (Å²) in [6.07, 6.45) is 0.950. The number of nitrogens with zero attached hydrogens (tertiary/aromatic N) is 1. The van der Waals surface area contributed by atoms with Crippen LogP contribution in [-0.4, -0.2) is 10.5 Å². The van der Waals surface area contributed by atoms with Crippen LogP contribution in [0.2, 0.25) is 0 Å². The maximum atomic E-state index is 10.7. The van der Waals surface area contributed by atoms with Crippen molar-refractivity contribution < 1.29 is 9.90 Å². The van der Waals surface area contributed by atoms with Crippen molar-refractivity contribution in [2.75, 3.05) is 0 Å². The van der Waals surface area contributed by atoms with Crippen LogP contribution in [0.15, 0.2) is 24.3 Å². The van der Waals surface area contributed by atoms with Crippen molar-refractivity contribution in [2.24, 2.45) is 0 Å². The van der Waals surface area contributed by atoms with Crippen LogP contribution in [0, 0.1) is 6.92 Å². The Bertz CT molecular complexity index is 540. The normalized spacial score (nSPS) is 10.9. The summed E-state index contributed by atoms with van der Waals surface area (Å²) in [4.78, 5) is 10.7. The van der Waals surface area contributed by atoms with E-state index >= 15 is 0 Å². The van der Waals surface area contributed by atoms with Crippen LogP contribution in [0.25, 0.3) is 10.9 Å². The van der Waals surface area contributed by atoms with Crippen molar-refractivity contribution in [3.05, 3.63) is 35.5 Å². The molecule has 0 saturated carbocycles. The molecule has 0 saturated heterocycles. The Morgan fingerprint density at radius 2 is 2.12 bits per heavy atom. The van der Waals surface area contributed by atoms with Gasteiger partial charge in [-0.05, 0) is 36.4 Å². The van der Waals surface area contributed by atoms with E-state index in [9.17, 15) is 9.90 Å². The molecule has 1 heterocycles. The fourth-order valence-electron chi connectivity index (χ4n) is 2.00. The molecule has 0 bridgehead atoms. The van der Waals surface area contributed by atoms with Crippen molar-refractivity contribution in [3.63, 3.8) is 0 Å². The van der Waals surface area contributed by atoms with Crippen molar-refractivity contribution in [3.8, 4) is 0 Å². The maximum Gasteiger partial charge on any atom is 0.0624 e. The van der Waals surface area contributed by atoms with E-state index in [0.717, 1.165) is 23.0 Å². The maximum absolute atomic E-state index is 10.7. The minimum atomic E-state index is -1.05. The zero-order chi connectivity index (χ0) is 11.7. The van der Waals surface area contributed by atoms with Gasteiger partial charge in [-0.1, -0.05) is 19.1 Å². The highest BCUT2D eigenvalue weighted by molar-refractivity contribution is 5.83. The summed E-state index contributed by atoms with van der Waals surface area (Å²) < 4.78 is 1.78. The van der Waals surface area contributed by atoms with E-state index in [1.807, 2.05) is 25.1 Å². The van der Waals surface area contributed by atoms with Gasteiger partial charge in [-0.15, -0.1) is 0 Å². The predicted molar refractivity (Wildman–Crippen MR) is 61.1 cm³/mol. The van der Waals surface area contributed by atoms with Gasteiger partial charge in [-0.25, -0.2) is 0 Å². The monoisotopic (exact) mass is 216 g/mol. The number of aryl methyl sites for hydroxylation is 2. The second kappa shape index (κ2) is 4.00. The predicted octanol–water partition coefficient (Wildman–Crippen LogP) is 1.26. The zero-order valence-electron chi connectivity index (χ0n) is 9.49. The van der Waals surface area contributed by atoms with Gasteiger partial charge in [0.1, 0.15) is 0 Å². The van der Waals surface area contributed by atoms with E-state index in [4.69, 9.17) is 0 Å². The van der Waals surface area contributed by atoms with E-state index in [-0.39, 0.29) is 6.54 Å². The van der Waals surface area contributed by atoms with Crippen LogP contribution < -0.4 is 5.11 Å². The highest BCUT2D eigenvalue weighted by Crippen LogP contribution is 2.21. The highest BCUT2D eigenvalue weighted by atomic mass is 16.4. The third-order valence-electron chi connectivity index (χ3n) is 2.87. The number of hydrogen-bond acceptors (Lipinski definition) is 2. The van der Waals surface area contributed by atoms with E-state index in [0.29, 0.717) is 0 Å². The SMILES string of the molecule is CCc1ccc2cc(C)n(CC(=O)[O-])c2c1. The number of rotatable bonds is 3. The first-order valence-electron chi connectivity index (χ1n) is 5.40. The highest BCUT2D eigenvalue weighted by Gasteiger charge is 2.05. The van der Waals surface area contributed by atoms with Crippen LogP contribution in [-0.2, 0) is 17.8 Å². The molecular formula is C13H14NO2-. The van der Waals surface area contributed by atoms with Gasteiger partial charge in [0, 0.05) is 11.2 Å². The standard InChI is InChI=1S/C13H15NO2/c1-3-10-4-5-11-6-9(2)14(8-13(15)16)12(11)7-10/h4-7H,3,8H2,1-2H3,(H,15,16)/p-1. The molecular weight excluding hydrogens is 202 g/mol. The molecule has 1 aromatic carbocycles. The van der Waals surface area contributed by atoms with Crippen molar-refractivity contribution in [1.29, 1.82) is 0 Å². The Hall–Kier alpha value is -1.77. The minimum absolute atomic E-state index is 0.0809. The van der Waals surface area contributed by atoms with Gasteiger partial charge in [0.15, 0.2) is 0 Å². The van der Waals surface area contributed by atoms with E-state index in [2.05, 4.69) is 13.0 Å². The Labute approximate surface area is 94.3 Å². The van der Waals surface area contributed by atoms with Gasteiger partial charge in [0.25, 0.3) is 0 Å². The summed E-state index contributed by atoms with van der Waals surface area (Å²) in [5, 5.41) is 11.8. The first kappa shape index (κ1) is 10.7. The molecule has 0 aliphatic heterocycles. The fourth-order valence-corrected chi connectivity index (χ4v) is 2.00. The summed E-state index contributed by atoms with van der Waals surface area (Å²) in [7, 11) is 0. The van der Waals surface area contributed by atoms with E-state index in [1.54, 1.807) is 4.57 Å². The second-order valence-electron chi connectivity index (χ2n) is 3.99. The van der Waals surface area contributed by atoms with Crippen LogP contribution in [0.1, 0.15) is 18.2 Å². The molecule has 16 heavy (non-hydrogen) atoms. The molecule has 0 atom stereocenters. The molecule has 2 rings (SSSR count). The van der Waals surface area contributed by atoms with Gasteiger partial charge in [-0.3, -0.25) is 0 Å². The molecule has 0 unspecified atom stereocenters. The summed E-state index contributed by atoms with van der Waals surface area (Å²) in [6, 6.07) is 8.15. The average Bonchev–Trinajstić information content (AvgIpc) is 2.54. The topological polar surface area (TPSA) is 45.1 Å². The summed E-state index contributed by atoms with van der Waals surface area (Å²) in [5.74, 6) is -1.05. The number of carboxylic acids is 1. The van der Waals surface area contributed by atoms with Crippen LogP contribution in [0.5, 0.6) is 0 Å². The van der Waals surface area contributed by atoms with Gasteiger partial charge >= 0.3 is 0 Å². The second-order valence-corrected chi connectivity index (χ2v) is 3.99. The van der Waals surface area contributed by atoms with Crippen LogP contribution in [0.4, 0.5) is 0 Å². The smallest absolute Gasteiger partial charge is 0.0624 e. The average molecular weight is 216 g/mol. The number of carbonyl (C=O) groups excluding carboxylic acids is 1. The molecule has 0 aliphatic rings. The molecule has 0 aliphatic carbocycles. The van der Waals surface area contributed by atoms with Gasteiger partial charge in [0.2, 0.25) is 0 Å². The molecule has 1 aromatic heterocycles. The van der Waals surface area contributed by atoms with E-state index in [1.165, 1.54) is 5.56 Å². The molecule has 0 amide bonds. The molecule has 0 fully saturated rings. The zero-order valence-corrected chi connectivity index (χ0v) is 9.49. The lowest BCUT2D eigenvalue weighted by Gasteiger charge is -2.09. The van der Waals surface area contributed by atoms with E-state index < -0.39 is 5.97 Å². The third kappa shape index (κ3) is 1.81. The van der Waals surface area contributed by atoms with Crippen molar-refractivity contribution in [1.82, 2.24) is 4.57 Å². The molecule has 0 N–H and O–H groups in total. The minimum Gasteiger partial charge on any atom is -0.548 e. The number of hydrogen-bond donors (Lipinski definition) is 0. The van der Waals surface area contributed by atoms with Crippen LogP contribution in [0.3, 0.4) is 0 Å². The van der Waals surface area contributed by atoms with Crippen molar-refractivity contribution >= 4 is 16.9 Å². The quantitative estimate of drug-likeness (QED) is 0.775. The molecule has 0 radical (unpaired) electrons. The lowest BCUT2D eigenvalue weighted by atomic mass is 10.1. The molecule has 3 heteroatoms. The Balaban J connectivity index is 2.61. The summed E-state index contributed by atoms with van der Waals surface area (Å²) in [5.41, 5.74) is 3.14. The molecule has 3 nitrogen and oxygen atoms in total. The number of carboxylic acid groups (broad SMARTS) is 1. The van der Waals surface area contributed by atoms with Crippen LogP contribution >= 0.6 is 0 Å². The number of aliphatic carboxylic acids is 1. The molecule has 84 valence electrons. The largest absolute Gasteiger partial charge is 0.548 e. The Morgan fingerprint density at radius 1 is 1.38 bits per heavy atom.